The number of aliphatic hydroxyl groups is 1. The average molecular weight is 434 g/mol. The maximum Gasteiger partial charge on any atom is 0.242 e. The van der Waals surface area contributed by atoms with Gasteiger partial charge in [-0.3, -0.25) is 14.4 Å². The van der Waals surface area contributed by atoms with Gasteiger partial charge in [0.25, 0.3) is 0 Å². The predicted octanol–water partition coefficient (Wildman–Crippen LogP) is 2.17. The Morgan fingerprint density at radius 2 is 1.77 bits per heavy atom. The molecule has 7 heteroatoms. The Labute approximate surface area is 186 Å². The van der Waals surface area contributed by atoms with Gasteiger partial charge in [-0.1, -0.05) is 44.9 Å². The normalized spacial score (nSPS) is 29.6. The first-order valence-electron chi connectivity index (χ1n) is 12.4. The summed E-state index contributed by atoms with van der Waals surface area (Å²) in [5.74, 6) is 0.858. The predicted molar refractivity (Wildman–Crippen MR) is 117 cm³/mol. The number of carbonyl (C=O) groups is 3. The smallest absolute Gasteiger partial charge is 0.242 e. The lowest BCUT2D eigenvalue weighted by Crippen LogP contribution is -2.65. The van der Waals surface area contributed by atoms with E-state index < -0.39 is 5.60 Å². The third-order valence-electron chi connectivity index (χ3n) is 8.63. The van der Waals surface area contributed by atoms with E-state index in [-0.39, 0.29) is 23.8 Å². The van der Waals surface area contributed by atoms with Crippen LogP contribution in [0, 0.1) is 11.3 Å². The zero-order valence-electron chi connectivity index (χ0n) is 18.9. The summed E-state index contributed by atoms with van der Waals surface area (Å²) in [6.07, 6.45) is 13.3. The van der Waals surface area contributed by atoms with Gasteiger partial charge in [0.15, 0.2) is 0 Å². The third-order valence-corrected chi connectivity index (χ3v) is 8.63. The maximum atomic E-state index is 13.0. The van der Waals surface area contributed by atoms with Crippen LogP contribution in [-0.4, -0.2) is 82.9 Å². The summed E-state index contributed by atoms with van der Waals surface area (Å²) in [6.45, 7) is 2.60. The summed E-state index contributed by atoms with van der Waals surface area (Å²) in [5, 5.41) is 11.8. The summed E-state index contributed by atoms with van der Waals surface area (Å²) in [4.78, 5) is 41.8. The molecule has 3 amide bonds. The topological polar surface area (TPSA) is 81.2 Å². The van der Waals surface area contributed by atoms with Gasteiger partial charge in [-0.15, -0.1) is 0 Å². The van der Waals surface area contributed by atoms with Crippen molar-refractivity contribution in [3.05, 3.63) is 0 Å². The molecule has 2 saturated heterocycles. The Morgan fingerprint density at radius 1 is 1.03 bits per heavy atom. The molecule has 0 aromatic carbocycles. The van der Waals surface area contributed by atoms with E-state index in [9.17, 15) is 19.5 Å². The van der Waals surface area contributed by atoms with E-state index in [4.69, 9.17) is 0 Å². The molecule has 174 valence electrons. The van der Waals surface area contributed by atoms with Gasteiger partial charge >= 0.3 is 0 Å². The largest absolute Gasteiger partial charge is 0.387 e. The third kappa shape index (κ3) is 4.76. The number of piperazine rings is 1. The van der Waals surface area contributed by atoms with Gasteiger partial charge in [-0.25, -0.2) is 0 Å². The zero-order chi connectivity index (χ0) is 21.9. The highest BCUT2D eigenvalue weighted by Crippen LogP contribution is 2.51. The number of β-amino-alcohol motifs (C(OH)–C–C–N with tert-alkyl or cyclic N) is 1. The number of hydrogen-bond donors (Lipinski definition) is 1. The zero-order valence-corrected chi connectivity index (χ0v) is 18.9. The standard InChI is InChI=1S/C24H39N3O4/c28-19-25-14-15-27(22(30)16-25)18-24(31)12-13-26(17-23(24)10-4-5-11-23)21(29)9-8-20-6-2-1-3-7-20/h19-20,31H,1-18H2. The number of likely N-dealkylation sites (tertiary alicyclic amines) is 1. The van der Waals surface area contributed by atoms with E-state index in [0.29, 0.717) is 51.5 Å². The fourth-order valence-electron chi connectivity index (χ4n) is 6.57. The van der Waals surface area contributed by atoms with Gasteiger partial charge in [-0.2, -0.15) is 0 Å². The van der Waals surface area contributed by atoms with Crippen LogP contribution in [0.2, 0.25) is 0 Å². The molecule has 1 N–H and O–H groups in total. The van der Waals surface area contributed by atoms with Crippen LogP contribution in [-0.2, 0) is 14.4 Å². The minimum atomic E-state index is -0.956. The van der Waals surface area contributed by atoms with E-state index in [1.165, 1.54) is 37.0 Å². The molecule has 7 nitrogen and oxygen atoms in total. The lowest BCUT2D eigenvalue weighted by molar-refractivity contribution is -0.170. The fourth-order valence-corrected chi connectivity index (χ4v) is 6.57. The van der Waals surface area contributed by atoms with E-state index in [1.807, 2.05) is 4.90 Å². The molecule has 4 aliphatic rings. The van der Waals surface area contributed by atoms with Crippen LogP contribution in [0.25, 0.3) is 0 Å². The Morgan fingerprint density at radius 3 is 2.45 bits per heavy atom. The number of piperidine rings is 1. The second-order valence-electron chi connectivity index (χ2n) is 10.5. The monoisotopic (exact) mass is 433 g/mol. The number of carbonyl (C=O) groups excluding carboxylic acids is 3. The summed E-state index contributed by atoms with van der Waals surface area (Å²) >= 11 is 0. The Bertz CT molecular complexity index is 672. The molecule has 1 spiro atoms. The van der Waals surface area contributed by atoms with Crippen molar-refractivity contribution in [1.29, 1.82) is 0 Å². The molecule has 4 fully saturated rings. The van der Waals surface area contributed by atoms with E-state index in [2.05, 4.69) is 0 Å². The van der Waals surface area contributed by atoms with Crippen molar-refractivity contribution >= 4 is 18.2 Å². The van der Waals surface area contributed by atoms with Crippen LogP contribution in [0.15, 0.2) is 0 Å². The molecule has 0 bridgehead atoms. The molecule has 2 aliphatic heterocycles. The molecule has 2 heterocycles. The van der Waals surface area contributed by atoms with Crippen LogP contribution in [0.1, 0.15) is 77.0 Å². The molecule has 2 aliphatic carbocycles. The van der Waals surface area contributed by atoms with Crippen LogP contribution in [0.5, 0.6) is 0 Å². The summed E-state index contributed by atoms with van der Waals surface area (Å²) < 4.78 is 0. The van der Waals surface area contributed by atoms with E-state index in [1.54, 1.807) is 4.90 Å². The average Bonchev–Trinajstić information content (AvgIpc) is 3.26. The van der Waals surface area contributed by atoms with Crippen LogP contribution < -0.4 is 0 Å². The SMILES string of the molecule is O=CN1CCN(CC2(O)CCN(C(=O)CCC3CCCCC3)CC23CCCC3)C(=O)C1. The van der Waals surface area contributed by atoms with Crippen molar-refractivity contribution in [2.75, 3.05) is 39.3 Å². The first kappa shape index (κ1) is 22.6. The number of rotatable bonds is 6. The fraction of sp³-hybridized carbons (Fsp3) is 0.875. The molecule has 4 rings (SSSR count). The van der Waals surface area contributed by atoms with Crippen LogP contribution >= 0.6 is 0 Å². The second-order valence-corrected chi connectivity index (χ2v) is 10.5. The summed E-state index contributed by atoms with van der Waals surface area (Å²) in [5.41, 5.74) is -1.27. The summed E-state index contributed by atoms with van der Waals surface area (Å²) in [6, 6.07) is 0. The Hall–Kier alpha value is -1.63. The maximum absolute atomic E-state index is 13.0. The molecule has 0 aromatic heterocycles. The lowest BCUT2D eigenvalue weighted by atomic mass is 9.65. The van der Waals surface area contributed by atoms with E-state index in [0.717, 1.165) is 38.5 Å². The molecule has 2 saturated carbocycles. The summed E-state index contributed by atoms with van der Waals surface area (Å²) in [7, 11) is 0. The highest BCUT2D eigenvalue weighted by atomic mass is 16.3. The van der Waals surface area contributed by atoms with Crippen molar-refractivity contribution in [3.63, 3.8) is 0 Å². The molecule has 31 heavy (non-hydrogen) atoms. The molecule has 0 radical (unpaired) electrons. The van der Waals surface area contributed by atoms with E-state index >= 15 is 0 Å². The Kier molecular flexibility index (Phi) is 6.89. The molecule has 1 atom stereocenters. The Balaban J connectivity index is 1.38. The lowest BCUT2D eigenvalue weighted by Gasteiger charge is -2.54. The molecule has 0 aromatic rings. The number of amides is 3. The molecular weight excluding hydrogens is 394 g/mol. The van der Waals surface area contributed by atoms with Crippen LogP contribution in [0.4, 0.5) is 0 Å². The van der Waals surface area contributed by atoms with Gasteiger partial charge in [0.2, 0.25) is 18.2 Å². The van der Waals surface area contributed by atoms with Gasteiger partial charge in [0.1, 0.15) is 0 Å². The van der Waals surface area contributed by atoms with Crippen molar-refractivity contribution < 1.29 is 19.5 Å². The highest BCUT2D eigenvalue weighted by molar-refractivity contribution is 5.81. The number of hydrogen-bond acceptors (Lipinski definition) is 4. The van der Waals surface area contributed by atoms with Crippen molar-refractivity contribution in [2.45, 2.75) is 82.7 Å². The van der Waals surface area contributed by atoms with Crippen molar-refractivity contribution in [1.82, 2.24) is 14.7 Å². The van der Waals surface area contributed by atoms with Crippen molar-refractivity contribution in [3.8, 4) is 0 Å². The van der Waals surface area contributed by atoms with Crippen molar-refractivity contribution in [2.24, 2.45) is 11.3 Å². The minimum Gasteiger partial charge on any atom is -0.387 e. The van der Waals surface area contributed by atoms with Gasteiger partial charge in [0, 0.05) is 38.0 Å². The second kappa shape index (κ2) is 9.47. The molecular formula is C24H39N3O4. The first-order valence-corrected chi connectivity index (χ1v) is 12.4. The highest BCUT2D eigenvalue weighted by Gasteiger charge is 2.56. The van der Waals surface area contributed by atoms with Gasteiger partial charge < -0.3 is 19.8 Å². The van der Waals surface area contributed by atoms with Gasteiger partial charge in [-0.05, 0) is 31.6 Å². The first-order chi connectivity index (χ1) is 14.9. The quantitative estimate of drug-likeness (QED) is 0.651. The minimum absolute atomic E-state index is 0.0918. The van der Waals surface area contributed by atoms with Crippen LogP contribution in [0.3, 0.4) is 0 Å². The molecule has 1 unspecified atom stereocenters. The van der Waals surface area contributed by atoms with Gasteiger partial charge in [0.05, 0.1) is 18.7 Å². The number of nitrogens with zero attached hydrogens (tertiary/aromatic N) is 3.